The van der Waals surface area contributed by atoms with Gasteiger partial charge in [0, 0.05) is 50.2 Å². The molecule has 2 amide bonds. The lowest BCUT2D eigenvalue weighted by atomic mass is 9.93. The lowest BCUT2D eigenvalue weighted by molar-refractivity contribution is -0.134. The van der Waals surface area contributed by atoms with Crippen molar-refractivity contribution in [3.8, 4) is 5.69 Å². The van der Waals surface area contributed by atoms with E-state index in [0.717, 1.165) is 25.1 Å². The van der Waals surface area contributed by atoms with Crippen molar-refractivity contribution in [2.45, 2.75) is 24.3 Å². The van der Waals surface area contributed by atoms with E-state index in [4.69, 9.17) is 5.73 Å². The zero-order valence-corrected chi connectivity index (χ0v) is 20.2. The molecule has 2 aliphatic rings. The molecule has 0 bridgehead atoms. The Balaban J connectivity index is 1.43. The third-order valence-corrected chi connectivity index (χ3v) is 7.14. The number of nitrogens with two attached hydrogens (primary N) is 1. The first-order valence-electron chi connectivity index (χ1n) is 12.2. The summed E-state index contributed by atoms with van der Waals surface area (Å²) in [6, 6.07) is 11.9. The van der Waals surface area contributed by atoms with Gasteiger partial charge in [0.15, 0.2) is 0 Å². The van der Waals surface area contributed by atoms with Gasteiger partial charge in [0.2, 0.25) is 11.8 Å². The number of halogens is 1. The molecule has 2 heterocycles. The van der Waals surface area contributed by atoms with Crippen molar-refractivity contribution in [2.24, 2.45) is 5.73 Å². The van der Waals surface area contributed by atoms with Crippen LogP contribution in [0.25, 0.3) is 5.69 Å². The molecular weight excluding hydrogens is 461 g/mol. The van der Waals surface area contributed by atoms with Gasteiger partial charge in [-0.25, -0.2) is 9.07 Å². The van der Waals surface area contributed by atoms with Crippen molar-refractivity contribution in [1.29, 1.82) is 0 Å². The number of hydrogen-bond acceptors (Lipinski definition) is 6. The summed E-state index contributed by atoms with van der Waals surface area (Å²) >= 11 is 0. The highest BCUT2D eigenvalue weighted by Crippen LogP contribution is 2.41. The summed E-state index contributed by atoms with van der Waals surface area (Å²) in [6.07, 6.45) is 4.19. The molecule has 1 saturated heterocycles. The first kappa shape index (κ1) is 24.1. The van der Waals surface area contributed by atoms with Crippen molar-refractivity contribution >= 4 is 11.8 Å². The van der Waals surface area contributed by atoms with E-state index in [1.807, 2.05) is 24.1 Å². The van der Waals surface area contributed by atoms with Crippen LogP contribution >= 0.6 is 0 Å². The summed E-state index contributed by atoms with van der Waals surface area (Å²) in [6.45, 7) is 3.28. The number of amides is 2. The van der Waals surface area contributed by atoms with Crippen LogP contribution in [0.15, 0.2) is 54.9 Å². The van der Waals surface area contributed by atoms with E-state index in [-0.39, 0.29) is 23.7 Å². The maximum Gasteiger partial charge on any atom is 0.248 e. The van der Waals surface area contributed by atoms with E-state index in [1.54, 1.807) is 35.3 Å². The van der Waals surface area contributed by atoms with E-state index in [9.17, 15) is 14.0 Å². The van der Waals surface area contributed by atoms with Gasteiger partial charge in [0.05, 0.1) is 24.0 Å². The fourth-order valence-electron chi connectivity index (χ4n) is 4.88. The number of nitrogens with one attached hydrogen (secondary N) is 1. The largest absolute Gasteiger partial charge is 0.366 e. The summed E-state index contributed by atoms with van der Waals surface area (Å²) in [5.74, 6) is -1.09. The van der Waals surface area contributed by atoms with Gasteiger partial charge in [-0.3, -0.25) is 9.59 Å². The van der Waals surface area contributed by atoms with Crippen LogP contribution in [-0.4, -0.2) is 82.4 Å². The van der Waals surface area contributed by atoms with Crippen LogP contribution in [0.1, 0.15) is 39.7 Å². The standard InChI is InChI=1S/C26H30FN7O2/c1-32-10-12-33(13-11-32)26(36)22(16-29-23-15-20(23)17-2-5-19(27)6-3-17)21-14-18(25(28)35)4-7-24(21)34-9-8-30-31-34/h2-9,14,20,22-23,29H,10-13,15-16H2,1H3,(H2,28,35)/t20-,22?,23+/m0/s1. The summed E-state index contributed by atoms with van der Waals surface area (Å²) in [5.41, 5.74) is 8.36. The Morgan fingerprint density at radius 2 is 1.89 bits per heavy atom. The fourth-order valence-corrected chi connectivity index (χ4v) is 4.88. The molecule has 9 nitrogen and oxygen atoms in total. The fraction of sp³-hybridized carbons (Fsp3) is 0.385. The van der Waals surface area contributed by atoms with Crippen molar-refractivity contribution in [3.05, 3.63) is 77.4 Å². The second-order valence-corrected chi connectivity index (χ2v) is 9.58. The van der Waals surface area contributed by atoms with Crippen LogP contribution in [0.3, 0.4) is 0 Å². The third-order valence-electron chi connectivity index (χ3n) is 7.14. The van der Waals surface area contributed by atoms with Crippen molar-refractivity contribution in [3.63, 3.8) is 0 Å². The van der Waals surface area contributed by atoms with Gasteiger partial charge in [-0.1, -0.05) is 17.3 Å². The number of likely N-dealkylation sites (N-methyl/N-ethyl adjacent to an activating group) is 1. The number of piperazine rings is 1. The molecule has 2 fully saturated rings. The zero-order chi connectivity index (χ0) is 25.2. The second kappa shape index (κ2) is 10.2. The summed E-state index contributed by atoms with van der Waals surface area (Å²) in [5, 5.41) is 11.6. The number of carbonyl (C=O) groups is 2. The summed E-state index contributed by atoms with van der Waals surface area (Å²) in [7, 11) is 2.04. The molecule has 1 aromatic heterocycles. The minimum Gasteiger partial charge on any atom is -0.366 e. The average Bonchev–Trinajstić information content (AvgIpc) is 3.44. The van der Waals surface area contributed by atoms with Gasteiger partial charge in [-0.05, 0) is 54.9 Å². The Bertz CT molecular complexity index is 1220. The predicted octanol–water partition coefficient (Wildman–Crippen LogP) is 1.51. The minimum atomic E-state index is -0.557. The van der Waals surface area contributed by atoms with Crippen molar-refractivity contribution < 1.29 is 14.0 Å². The Morgan fingerprint density at radius 3 is 2.56 bits per heavy atom. The number of rotatable bonds is 8. The van der Waals surface area contributed by atoms with Gasteiger partial charge in [-0.15, -0.1) is 5.10 Å². The van der Waals surface area contributed by atoms with Crippen molar-refractivity contribution in [2.75, 3.05) is 39.8 Å². The highest BCUT2D eigenvalue weighted by atomic mass is 19.1. The predicted molar refractivity (Wildman–Crippen MR) is 132 cm³/mol. The number of benzene rings is 2. The Labute approximate surface area is 209 Å². The SMILES string of the molecule is CN1CCN(C(=O)C(CN[C@@H]2C[C@H]2c2ccc(F)cc2)c2cc(C(N)=O)ccc2-n2ccnn2)CC1. The lowest BCUT2D eigenvalue weighted by Gasteiger charge is -2.35. The Hall–Kier alpha value is -3.63. The topological polar surface area (TPSA) is 109 Å². The molecule has 1 saturated carbocycles. The highest BCUT2D eigenvalue weighted by Gasteiger charge is 2.39. The zero-order valence-electron chi connectivity index (χ0n) is 20.2. The molecule has 3 aromatic rings. The molecule has 188 valence electrons. The molecule has 0 spiro atoms. The van der Waals surface area contributed by atoms with Crippen LogP contribution in [-0.2, 0) is 4.79 Å². The molecule has 5 rings (SSSR count). The third kappa shape index (κ3) is 5.14. The average molecular weight is 492 g/mol. The molecule has 3 atom stereocenters. The van der Waals surface area contributed by atoms with Crippen LogP contribution < -0.4 is 11.1 Å². The number of carbonyl (C=O) groups excluding carboxylic acids is 2. The molecule has 10 heteroatoms. The molecule has 3 N–H and O–H groups in total. The van der Waals surface area contributed by atoms with E-state index >= 15 is 0 Å². The van der Waals surface area contributed by atoms with Gasteiger partial charge >= 0.3 is 0 Å². The van der Waals surface area contributed by atoms with Gasteiger partial charge in [0.25, 0.3) is 0 Å². The van der Waals surface area contributed by atoms with Gasteiger partial charge in [0.1, 0.15) is 5.82 Å². The first-order chi connectivity index (χ1) is 17.4. The summed E-state index contributed by atoms with van der Waals surface area (Å²) in [4.78, 5) is 30.0. The molecular formula is C26H30FN7O2. The van der Waals surface area contributed by atoms with E-state index in [1.165, 1.54) is 12.1 Å². The molecule has 36 heavy (non-hydrogen) atoms. The molecule has 0 radical (unpaired) electrons. The smallest absolute Gasteiger partial charge is 0.248 e. The number of aromatic nitrogens is 3. The normalized spacial score (nSPS) is 20.8. The lowest BCUT2D eigenvalue weighted by Crippen LogP contribution is -2.50. The molecule has 2 aromatic carbocycles. The minimum absolute atomic E-state index is 0.00225. The monoisotopic (exact) mass is 491 g/mol. The Kier molecular flexibility index (Phi) is 6.80. The van der Waals surface area contributed by atoms with Crippen LogP contribution in [0.4, 0.5) is 4.39 Å². The number of hydrogen-bond donors (Lipinski definition) is 2. The quantitative estimate of drug-likeness (QED) is 0.495. The molecule has 1 unspecified atom stereocenters. The highest BCUT2D eigenvalue weighted by molar-refractivity contribution is 5.94. The second-order valence-electron chi connectivity index (χ2n) is 9.58. The number of nitrogens with zero attached hydrogens (tertiary/aromatic N) is 5. The van der Waals surface area contributed by atoms with E-state index < -0.39 is 11.8 Å². The first-order valence-corrected chi connectivity index (χ1v) is 12.2. The van der Waals surface area contributed by atoms with Crippen LogP contribution in [0.5, 0.6) is 0 Å². The van der Waals surface area contributed by atoms with Crippen LogP contribution in [0.2, 0.25) is 0 Å². The molecule has 1 aliphatic carbocycles. The van der Waals surface area contributed by atoms with E-state index in [2.05, 4.69) is 20.5 Å². The van der Waals surface area contributed by atoms with Gasteiger partial charge < -0.3 is 20.9 Å². The van der Waals surface area contributed by atoms with E-state index in [0.29, 0.717) is 36.4 Å². The van der Waals surface area contributed by atoms with Gasteiger partial charge in [-0.2, -0.15) is 0 Å². The Morgan fingerprint density at radius 1 is 1.14 bits per heavy atom. The maximum atomic E-state index is 13.9. The summed E-state index contributed by atoms with van der Waals surface area (Å²) < 4.78 is 14.9. The molecule has 1 aliphatic heterocycles. The number of primary amides is 1. The van der Waals surface area contributed by atoms with Crippen LogP contribution in [0, 0.1) is 5.82 Å². The van der Waals surface area contributed by atoms with Crippen molar-refractivity contribution in [1.82, 2.24) is 30.1 Å². The maximum absolute atomic E-state index is 13.9.